The van der Waals surface area contributed by atoms with Crippen molar-refractivity contribution in [3.05, 3.63) is 47.3 Å². The molecule has 0 aliphatic rings. The van der Waals surface area contributed by atoms with E-state index < -0.39 is 16.0 Å². The number of Topliss-reactive ketones (excluding diaryl/α,β-unsaturated/α-hetero) is 1. The first kappa shape index (κ1) is 17.9. The van der Waals surface area contributed by atoms with Gasteiger partial charge in [0.05, 0.1) is 4.90 Å². The van der Waals surface area contributed by atoms with Crippen LogP contribution in [0, 0.1) is 13.8 Å². The van der Waals surface area contributed by atoms with Crippen LogP contribution in [0.5, 0.6) is 0 Å². The number of aromatic nitrogens is 1. The summed E-state index contributed by atoms with van der Waals surface area (Å²) < 4.78 is 29.2. The van der Waals surface area contributed by atoms with Crippen molar-refractivity contribution in [2.45, 2.75) is 25.7 Å². The first-order valence-corrected chi connectivity index (χ1v) is 8.64. The maximum atomic E-state index is 12.2. The number of aryl methyl sites for hydroxylation is 1. The van der Waals surface area contributed by atoms with Crippen molar-refractivity contribution in [2.75, 3.05) is 6.61 Å². The Hall–Kier alpha value is -2.45. The number of sulfonamides is 1. The zero-order valence-electron chi connectivity index (χ0n) is 13.6. The predicted molar refractivity (Wildman–Crippen MR) is 87.6 cm³/mol. The highest BCUT2D eigenvalue weighted by Gasteiger charge is 2.18. The molecule has 0 saturated heterocycles. The van der Waals surface area contributed by atoms with Gasteiger partial charge in [-0.1, -0.05) is 0 Å². The minimum atomic E-state index is -3.76. The number of ether oxygens (including phenoxy) is 1. The quantitative estimate of drug-likeness (QED) is 0.649. The predicted octanol–water partition coefficient (Wildman–Crippen LogP) is 1.49. The van der Waals surface area contributed by atoms with Crippen molar-refractivity contribution in [3.63, 3.8) is 0 Å². The fraction of sp³-hybridized carbons (Fsp3) is 0.250. The molecule has 0 atom stereocenters. The molecule has 0 bridgehead atoms. The lowest BCUT2D eigenvalue weighted by Crippen LogP contribution is -2.13. The summed E-state index contributed by atoms with van der Waals surface area (Å²) in [5.74, 6) is -0.818. The van der Waals surface area contributed by atoms with Gasteiger partial charge in [0.25, 0.3) is 0 Å². The molecular formula is C16H18N2O5S. The molecular weight excluding hydrogens is 332 g/mol. The number of ketones is 1. The first-order chi connectivity index (χ1) is 11.1. The van der Waals surface area contributed by atoms with E-state index in [4.69, 9.17) is 9.88 Å². The average molecular weight is 350 g/mol. The van der Waals surface area contributed by atoms with Gasteiger partial charge in [0.2, 0.25) is 15.8 Å². The molecule has 2 aromatic rings. The summed E-state index contributed by atoms with van der Waals surface area (Å²) in [7, 11) is -3.76. The third-order valence-corrected chi connectivity index (χ3v) is 4.49. The minimum absolute atomic E-state index is 0.0138. The van der Waals surface area contributed by atoms with Gasteiger partial charge in [-0.05, 0) is 44.2 Å². The number of benzene rings is 1. The van der Waals surface area contributed by atoms with Crippen LogP contribution >= 0.6 is 0 Å². The zero-order chi connectivity index (χ0) is 18.1. The zero-order valence-corrected chi connectivity index (χ0v) is 14.4. The van der Waals surface area contributed by atoms with Crippen LogP contribution in [0.25, 0.3) is 5.69 Å². The molecule has 7 nitrogen and oxygen atoms in total. The molecule has 8 heteroatoms. The number of hydrogen-bond donors (Lipinski definition) is 1. The average Bonchev–Trinajstić information content (AvgIpc) is 2.79. The van der Waals surface area contributed by atoms with E-state index in [0.29, 0.717) is 16.9 Å². The van der Waals surface area contributed by atoms with Crippen molar-refractivity contribution < 1.29 is 22.7 Å². The van der Waals surface area contributed by atoms with Gasteiger partial charge >= 0.3 is 5.97 Å². The fourth-order valence-electron chi connectivity index (χ4n) is 2.47. The second-order valence-electron chi connectivity index (χ2n) is 5.36. The van der Waals surface area contributed by atoms with Gasteiger partial charge in [0, 0.05) is 29.6 Å². The number of nitrogens with two attached hydrogens (primary N) is 1. The summed E-state index contributed by atoms with van der Waals surface area (Å²) in [6, 6.07) is 7.74. The van der Waals surface area contributed by atoms with Gasteiger partial charge in [0.1, 0.15) is 0 Å². The highest BCUT2D eigenvalue weighted by Crippen LogP contribution is 2.22. The van der Waals surface area contributed by atoms with E-state index in [1.54, 1.807) is 25.1 Å². The Morgan fingerprint density at radius 3 is 2.25 bits per heavy atom. The van der Waals surface area contributed by atoms with Crippen molar-refractivity contribution in [2.24, 2.45) is 5.14 Å². The Bertz CT molecular complexity index is 895. The number of hydrogen-bond acceptors (Lipinski definition) is 5. The molecule has 128 valence electrons. The van der Waals surface area contributed by atoms with E-state index in [0.717, 1.165) is 5.69 Å². The Balaban J connectivity index is 2.38. The van der Waals surface area contributed by atoms with Crippen molar-refractivity contribution >= 4 is 21.8 Å². The lowest BCUT2D eigenvalue weighted by Gasteiger charge is -2.10. The van der Waals surface area contributed by atoms with Crippen LogP contribution in [0.4, 0.5) is 0 Å². The second kappa shape index (κ2) is 6.58. The van der Waals surface area contributed by atoms with E-state index in [-0.39, 0.29) is 17.3 Å². The number of rotatable bonds is 5. The van der Waals surface area contributed by atoms with Crippen molar-refractivity contribution in [3.8, 4) is 5.69 Å². The number of carbonyl (C=O) groups is 2. The molecule has 0 amide bonds. The molecule has 2 rings (SSSR count). The van der Waals surface area contributed by atoms with Gasteiger partial charge in [-0.25, -0.2) is 13.6 Å². The third-order valence-electron chi connectivity index (χ3n) is 3.56. The topological polar surface area (TPSA) is 108 Å². The number of esters is 1. The number of nitrogens with zero attached hydrogens (tertiary/aromatic N) is 1. The van der Waals surface area contributed by atoms with E-state index in [1.165, 1.54) is 19.1 Å². The summed E-state index contributed by atoms with van der Waals surface area (Å²) in [4.78, 5) is 23.0. The van der Waals surface area contributed by atoms with Gasteiger partial charge in [0.15, 0.2) is 6.61 Å². The largest absolute Gasteiger partial charge is 0.457 e. The van der Waals surface area contributed by atoms with E-state index in [1.807, 2.05) is 11.5 Å². The minimum Gasteiger partial charge on any atom is -0.457 e. The van der Waals surface area contributed by atoms with E-state index >= 15 is 0 Å². The SMILES string of the molecule is CC(=O)OCC(=O)c1cc(C)n(-c2ccc(S(N)(=O)=O)cc2)c1C. The third kappa shape index (κ3) is 3.72. The fourth-order valence-corrected chi connectivity index (χ4v) is 2.99. The van der Waals surface area contributed by atoms with E-state index in [9.17, 15) is 18.0 Å². The Labute approximate surface area is 140 Å². The molecule has 24 heavy (non-hydrogen) atoms. The Kier molecular flexibility index (Phi) is 4.91. The Morgan fingerprint density at radius 1 is 1.17 bits per heavy atom. The van der Waals surface area contributed by atoms with Crippen LogP contribution in [0.3, 0.4) is 0 Å². The maximum Gasteiger partial charge on any atom is 0.303 e. The molecule has 2 N–H and O–H groups in total. The maximum absolute atomic E-state index is 12.2. The molecule has 0 aliphatic heterocycles. The van der Waals surface area contributed by atoms with Crippen LogP contribution in [-0.4, -0.2) is 31.3 Å². The molecule has 0 aliphatic carbocycles. The van der Waals surface area contributed by atoms with E-state index in [2.05, 4.69) is 0 Å². The van der Waals surface area contributed by atoms with Crippen LogP contribution in [0.15, 0.2) is 35.2 Å². The highest BCUT2D eigenvalue weighted by atomic mass is 32.2. The lowest BCUT2D eigenvalue weighted by atomic mass is 10.1. The Morgan fingerprint density at radius 2 is 1.75 bits per heavy atom. The van der Waals surface area contributed by atoms with Crippen molar-refractivity contribution in [1.82, 2.24) is 4.57 Å². The molecule has 1 aromatic heterocycles. The van der Waals surface area contributed by atoms with Gasteiger partial charge < -0.3 is 9.30 Å². The summed E-state index contributed by atoms with van der Waals surface area (Å²) in [5, 5.41) is 5.09. The van der Waals surface area contributed by atoms with Crippen LogP contribution in [0.1, 0.15) is 28.7 Å². The molecule has 1 heterocycles. The normalized spacial score (nSPS) is 11.3. The van der Waals surface area contributed by atoms with Crippen LogP contribution in [-0.2, 0) is 19.6 Å². The molecule has 0 fully saturated rings. The molecule has 1 aromatic carbocycles. The molecule has 0 unspecified atom stereocenters. The monoisotopic (exact) mass is 350 g/mol. The highest BCUT2D eigenvalue weighted by molar-refractivity contribution is 7.89. The molecule has 0 saturated carbocycles. The smallest absolute Gasteiger partial charge is 0.303 e. The van der Waals surface area contributed by atoms with Gasteiger partial charge in [-0.15, -0.1) is 0 Å². The van der Waals surface area contributed by atoms with Gasteiger partial charge in [-0.2, -0.15) is 0 Å². The number of primary sulfonamides is 1. The molecule has 0 spiro atoms. The summed E-state index contributed by atoms with van der Waals surface area (Å²) in [5.41, 5.74) is 2.61. The van der Waals surface area contributed by atoms with Crippen LogP contribution in [0.2, 0.25) is 0 Å². The van der Waals surface area contributed by atoms with Crippen molar-refractivity contribution in [1.29, 1.82) is 0 Å². The summed E-state index contributed by atoms with van der Waals surface area (Å²) in [6.45, 7) is 4.51. The summed E-state index contributed by atoms with van der Waals surface area (Å²) in [6.07, 6.45) is 0. The summed E-state index contributed by atoms with van der Waals surface area (Å²) >= 11 is 0. The number of carbonyl (C=O) groups excluding carboxylic acids is 2. The first-order valence-electron chi connectivity index (χ1n) is 7.10. The van der Waals surface area contributed by atoms with Gasteiger partial charge in [-0.3, -0.25) is 9.59 Å². The standard InChI is InChI=1S/C16H18N2O5S/c1-10-8-15(16(20)9-23-12(3)19)11(2)18(10)13-4-6-14(7-5-13)24(17,21)22/h4-8H,9H2,1-3H3,(H2,17,21,22). The lowest BCUT2D eigenvalue weighted by molar-refractivity contribution is -0.139. The van der Waals surface area contributed by atoms with Crippen LogP contribution < -0.4 is 5.14 Å². The molecule has 0 radical (unpaired) electrons. The second-order valence-corrected chi connectivity index (χ2v) is 6.92.